The molecule has 0 saturated heterocycles. The van der Waals surface area contributed by atoms with E-state index in [1.54, 1.807) is 0 Å². The maximum Gasteiger partial charge on any atom is 0.453 e. The number of nitrogens with zero attached hydrogens (tertiary/aromatic N) is 3. The fourth-order valence-electron chi connectivity index (χ4n) is 0.966. The number of rotatable bonds is 3. The smallest absolute Gasteiger partial charge is 0.358 e. The number of nitrogen functional groups attached to an aromatic ring is 1. The van der Waals surface area contributed by atoms with Crippen molar-refractivity contribution < 1.29 is 18.0 Å². The molecule has 1 rings (SSSR count). The number of carbonyl (C=O) groups is 1. The Hall–Kier alpha value is -1.45. The van der Waals surface area contributed by atoms with Crippen molar-refractivity contribution in [2.45, 2.75) is 23.5 Å². The lowest BCUT2D eigenvalue weighted by atomic mass is 10.4. The van der Waals surface area contributed by atoms with E-state index >= 15 is 0 Å². The van der Waals surface area contributed by atoms with Gasteiger partial charge in [-0.2, -0.15) is 13.2 Å². The molecular weight excluding hydrogens is 259 g/mol. The lowest BCUT2D eigenvalue weighted by Crippen LogP contribution is -2.28. The topological polar surface area (TPSA) is 85.8 Å². The Balaban J connectivity index is 2.88. The van der Waals surface area contributed by atoms with Gasteiger partial charge in [0.1, 0.15) is 0 Å². The SMILES string of the molecule is CNC(=O)C(C)Sc1nnc(C(F)(F)F)n1N. The van der Waals surface area contributed by atoms with Crippen LogP contribution in [0.3, 0.4) is 0 Å². The summed E-state index contributed by atoms with van der Waals surface area (Å²) in [6.07, 6.45) is -4.67. The Labute approximate surface area is 98.7 Å². The van der Waals surface area contributed by atoms with Crippen molar-refractivity contribution in [3.8, 4) is 0 Å². The average Bonchev–Trinajstić information content (AvgIpc) is 2.58. The molecule has 6 nitrogen and oxygen atoms in total. The van der Waals surface area contributed by atoms with Crippen LogP contribution in [0.15, 0.2) is 5.16 Å². The molecular formula is C7H10F3N5OS. The Morgan fingerprint density at radius 1 is 1.53 bits per heavy atom. The van der Waals surface area contributed by atoms with E-state index < -0.39 is 17.3 Å². The van der Waals surface area contributed by atoms with Gasteiger partial charge in [-0.3, -0.25) is 4.79 Å². The molecule has 0 radical (unpaired) electrons. The van der Waals surface area contributed by atoms with E-state index in [1.165, 1.54) is 14.0 Å². The first-order valence-electron chi connectivity index (χ1n) is 4.43. The van der Waals surface area contributed by atoms with E-state index in [9.17, 15) is 18.0 Å². The van der Waals surface area contributed by atoms with E-state index in [1.807, 2.05) is 0 Å². The lowest BCUT2D eigenvalue weighted by Gasteiger charge is -2.09. The molecule has 1 aromatic rings. The van der Waals surface area contributed by atoms with Gasteiger partial charge in [0.25, 0.3) is 5.82 Å². The van der Waals surface area contributed by atoms with Crippen molar-refractivity contribution in [3.05, 3.63) is 5.82 Å². The summed E-state index contributed by atoms with van der Waals surface area (Å²) < 4.78 is 37.3. The van der Waals surface area contributed by atoms with Crippen molar-refractivity contribution in [2.24, 2.45) is 0 Å². The molecule has 0 aliphatic rings. The molecule has 0 spiro atoms. The number of alkyl halides is 3. The third kappa shape index (κ3) is 3.02. The first-order chi connectivity index (χ1) is 7.77. The maximum absolute atomic E-state index is 12.3. The molecule has 1 unspecified atom stereocenters. The van der Waals surface area contributed by atoms with Gasteiger partial charge >= 0.3 is 6.18 Å². The molecule has 0 aliphatic heterocycles. The minimum atomic E-state index is -4.67. The summed E-state index contributed by atoms with van der Waals surface area (Å²) in [6, 6.07) is 0. The van der Waals surface area contributed by atoms with Crippen LogP contribution in [0.2, 0.25) is 0 Å². The fraction of sp³-hybridized carbons (Fsp3) is 0.571. The Morgan fingerprint density at radius 2 is 2.12 bits per heavy atom. The third-order valence-corrected chi connectivity index (χ3v) is 2.87. The number of aromatic nitrogens is 3. The summed E-state index contributed by atoms with van der Waals surface area (Å²) in [5, 5.41) is 7.80. The number of halogens is 3. The molecule has 0 aromatic carbocycles. The van der Waals surface area contributed by atoms with E-state index in [-0.39, 0.29) is 11.1 Å². The minimum absolute atomic E-state index is 0.173. The van der Waals surface area contributed by atoms with Crippen LogP contribution in [0, 0.1) is 0 Å². The molecule has 1 aromatic heterocycles. The number of carbonyl (C=O) groups excluding carboxylic acids is 1. The minimum Gasteiger partial charge on any atom is -0.358 e. The first kappa shape index (κ1) is 13.6. The van der Waals surface area contributed by atoms with Crippen molar-refractivity contribution in [3.63, 3.8) is 0 Å². The van der Waals surface area contributed by atoms with Crippen molar-refractivity contribution in [2.75, 3.05) is 12.9 Å². The molecule has 0 saturated carbocycles. The Bertz CT molecular complexity index is 418. The zero-order valence-corrected chi connectivity index (χ0v) is 9.76. The van der Waals surface area contributed by atoms with Gasteiger partial charge in [0, 0.05) is 7.05 Å². The summed E-state index contributed by atoms with van der Waals surface area (Å²) >= 11 is 0.792. The molecule has 1 amide bonds. The lowest BCUT2D eigenvalue weighted by molar-refractivity contribution is -0.146. The van der Waals surface area contributed by atoms with E-state index in [4.69, 9.17) is 5.84 Å². The van der Waals surface area contributed by atoms with Crippen LogP contribution in [-0.4, -0.2) is 33.1 Å². The average molecular weight is 269 g/mol. The number of nitrogens with one attached hydrogen (secondary N) is 1. The second kappa shape index (κ2) is 4.82. The summed E-state index contributed by atoms with van der Waals surface area (Å²) in [5.74, 6) is 3.56. The Morgan fingerprint density at radius 3 is 2.53 bits per heavy atom. The van der Waals surface area contributed by atoms with Gasteiger partial charge in [0.05, 0.1) is 5.25 Å². The van der Waals surface area contributed by atoms with E-state index in [0.29, 0.717) is 4.68 Å². The van der Waals surface area contributed by atoms with Gasteiger partial charge in [-0.05, 0) is 6.92 Å². The number of nitrogens with two attached hydrogens (primary N) is 1. The van der Waals surface area contributed by atoms with Crippen LogP contribution >= 0.6 is 11.8 Å². The van der Waals surface area contributed by atoms with Crippen LogP contribution < -0.4 is 11.2 Å². The first-order valence-corrected chi connectivity index (χ1v) is 5.31. The van der Waals surface area contributed by atoms with Crippen LogP contribution in [0.25, 0.3) is 0 Å². The second-order valence-electron chi connectivity index (χ2n) is 3.05. The van der Waals surface area contributed by atoms with Crippen LogP contribution in [0.1, 0.15) is 12.7 Å². The molecule has 10 heteroatoms. The molecule has 3 N–H and O–H groups in total. The highest BCUT2D eigenvalue weighted by molar-refractivity contribution is 8.00. The van der Waals surface area contributed by atoms with Gasteiger partial charge in [0.15, 0.2) is 0 Å². The van der Waals surface area contributed by atoms with Gasteiger partial charge in [-0.1, -0.05) is 11.8 Å². The normalized spacial score (nSPS) is 13.5. The van der Waals surface area contributed by atoms with Crippen LogP contribution in [0.5, 0.6) is 0 Å². The van der Waals surface area contributed by atoms with E-state index in [2.05, 4.69) is 15.5 Å². The van der Waals surface area contributed by atoms with Gasteiger partial charge in [-0.25, -0.2) is 4.68 Å². The fourth-order valence-corrected chi connectivity index (χ4v) is 1.79. The predicted octanol–water partition coefficient (Wildman–Crippen LogP) is 0.237. The quantitative estimate of drug-likeness (QED) is 0.606. The maximum atomic E-state index is 12.3. The highest BCUT2D eigenvalue weighted by Gasteiger charge is 2.38. The van der Waals surface area contributed by atoms with Gasteiger partial charge < -0.3 is 11.2 Å². The molecule has 1 heterocycles. The molecule has 0 fully saturated rings. The molecule has 0 bridgehead atoms. The highest BCUT2D eigenvalue weighted by Crippen LogP contribution is 2.29. The summed E-state index contributed by atoms with van der Waals surface area (Å²) in [7, 11) is 1.42. The zero-order valence-electron chi connectivity index (χ0n) is 8.95. The number of amides is 1. The van der Waals surface area contributed by atoms with Crippen molar-refractivity contribution >= 4 is 17.7 Å². The largest absolute Gasteiger partial charge is 0.453 e. The zero-order chi connectivity index (χ0) is 13.2. The molecule has 1 atom stereocenters. The van der Waals surface area contributed by atoms with Gasteiger partial charge in [0.2, 0.25) is 11.1 Å². The van der Waals surface area contributed by atoms with Crippen molar-refractivity contribution in [1.29, 1.82) is 0 Å². The Kier molecular flexibility index (Phi) is 3.86. The van der Waals surface area contributed by atoms with Gasteiger partial charge in [-0.15, -0.1) is 10.2 Å². The number of hydrogen-bond acceptors (Lipinski definition) is 5. The van der Waals surface area contributed by atoms with Crippen molar-refractivity contribution in [1.82, 2.24) is 20.2 Å². The third-order valence-electron chi connectivity index (χ3n) is 1.82. The molecule has 96 valence electrons. The molecule has 17 heavy (non-hydrogen) atoms. The molecule has 0 aliphatic carbocycles. The number of thioether (sulfide) groups is 1. The predicted molar refractivity (Wildman–Crippen MR) is 54.6 cm³/mol. The van der Waals surface area contributed by atoms with Crippen LogP contribution in [0.4, 0.5) is 13.2 Å². The second-order valence-corrected chi connectivity index (χ2v) is 4.36. The summed E-state index contributed by atoms with van der Waals surface area (Å²) in [6.45, 7) is 1.52. The van der Waals surface area contributed by atoms with Crippen LogP contribution in [-0.2, 0) is 11.0 Å². The monoisotopic (exact) mass is 269 g/mol. The highest BCUT2D eigenvalue weighted by atomic mass is 32.2. The number of hydrogen-bond donors (Lipinski definition) is 2. The standard InChI is InChI=1S/C7H10F3N5OS/c1-3(4(16)12-2)17-6-14-13-5(15(6)11)7(8,9)10/h3H,11H2,1-2H3,(H,12,16). The van der Waals surface area contributed by atoms with E-state index in [0.717, 1.165) is 11.8 Å². The summed E-state index contributed by atoms with van der Waals surface area (Å²) in [4.78, 5) is 11.2. The summed E-state index contributed by atoms with van der Waals surface area (Å²) in [5.41, 5.74) is 0.